The minimum atomic E-state index is -0.601. The van der Waals surface area contributed by atoms with Crippen LogP contribution in [0.5, 0.6) is 0 Å². The predicted molar refractivity (Wildman–Crippen MR) is 71.3 cm³/mol. The van der Waals surface area contributed by atoms with Gasteiger partial charge in [-0.25, -0.2) is 0 Å². The third-order valence-electron chi connectivity index (χ3n) is 4.10. The molecule has 104 valence electrons. The van der Waals surface area contributed by atoms with Crippen LogP contribution in [0, 0.1) is 0 Å². The van der Waals surface area contributed by atoms with E-state index in [-0.39, 0.29) is 5.91 Å². The molecule has 0 radical (unpaired) electrons. The van der Waals surface area contributed by atoms with Crippen LogP contribution in [0.4, 0.5) is 0 Å². The minimum absolute atomic E-state index is 0.245. The Morgan fingerprint density at radius 2 is 1.72 bits per heavy atom. The van der Waals surface area contributed by atoms with Crippen LogP contribution in [0.15, 0.2) is 0 Å². The van der Waals surface area contributed by atoms with E-state index in [2.05, 4.69) is 4.90 Å². The average Bonchev–Trinajstić information content (AvgIpc) is 2.57. The first-order valence-electron chi connectivity index (χ1n) is 7.29. The Hall–Kier alpha value is -0.610. The zero-order valence-corrected chi connectivity index (χ0v) is 11.5. The summed E-state index contributed by atoms with van der Waals surface area (Å²) in [6.45, 7) is 5.65. The molecule has 2 aliphatic rings. The van der Waals surface area contributed by atoms with Gasteiger partial charge in [-0.1, -0.05) is 19.3 Å². The van der Waals surface area contributed by atoms with Gasteiger partial charge in [0.25, 0.3) is 0 Å². The van der Waals surface area contributed by atoms with Crippen LogP contribution >= 0.6 is 0 Å². The topological polar surface area (TPSA) is 43.8 Å². The van der Waals surface area contributed by atoms with Crippen LogP contribution in [0.25, 0.3) is 0 Å². The molecule has 0 aromatic carbocycles. The molecule has 0 bridgehead atoms. The lowest BCUT2D eigenvalue weighted by molar-refractivity contribution is -0.132. The number of hydrogen-bond donors (Lipinski definition) is 1. The summed E-state index contributed by atoms with van der Waals surface area (Å²) < 4.78 is 0. The molecule has 1 atom stereocenters. The fraction of sp³-hybridized carbons (Fsp3) is 0.929. The van der Waals surface area contributed by atoms with Gasteiger partial charge in [0.15, 0.2) is 0 Å². The summed E-state index contributed by atoms with van der Waals surface area (Å²) in [5, 5.41) is 9.90. The number of likely N-dealkylation sites (tertiary alicyclic amines) is 2. The van der Waals surface area contributed by atoms with Crippen molar-refractivity contribution in [3.63, 3.8) is 0 Å². The van der Waals surface area contributed by atoms with Gasteiger partial charge in [-0.05, 0) is 26.2 Å². The largest absolute Gasteiger partial charge is 0.389 e. The van der Waals surface area contributed by atoms with Gasteiger partial charge in [0.2, 0.25) is 5.91 Å². The zero-order chi connectivity index (χ0) is 13.0. The molecule has 0 aliphatic carbocycles. The van der Waals surface area contributed by atoms with Crippen LogP contribution in [-0.2, 0) is 4.79 Å². The highest BCUT2D eigenvalue weighted by Gasteiger charge is 2.32. The van der Waals surface area contributed by atoms with Crippen molar-refractivity contribution < 1.29 is 9.90 Å². The fourth-order valence-electron chi connectivity index (χ4n) is 2.96. The van der Waals surface area contributed by atoms with Gasteiger partial charge >= 0.3 is 0 Å². The normalized spacial score (nSPS) is 31.1. The van der Waals surface area contributed by atoms with Gasteiger partial charge in [-0.2, -0.15) is 0 Å². The molecule has 1 unspecified atom stereocenters. The molecule has 18 heavy (non-hydrogen) atoms. The monoisotopic (exact) mass is 254 g/mol. The molecular weight excluding hydrogens is 228 g/mol. The molecule has 4 nitrogen and oxygen atoms in total. The van der Waals surface area contributed by atoms with E-state index in [0.717, 1.165) is 38.9 Å². The van der Waals surface area contributed by atoms with Crippen molar-refractivity contribution in [3.8, 4) is 0 Å². The number of hydrogen-bond acceptors (Lipinski definition) is 3. The third-order valence-corrected chi connectivity index (χ3v) is 4.10. The minimum Gasteiger partial charge on any atom is -0.389 e. The van der Waals surface area contributed by atoms with Crippen LogP contribution in [0.1, 0.15) is 45.4 Å². The summed E-state index contributed by atoms with van der Waals surface area (Å²) in [7, 11) is 0. The Kier molecular flexibility index (Phi) is 4.62. The van der Waals surface area contributed by atoms with Crippen molar-refractivity contribution >= 4 is 5.91 Å². The van der Waals surface area contributed by atoms with Crippen LogP contribution < -0.4 is 0 Å². The van der Waals surface area contributed by atoms with E-state index >= 15 is 0 Å². The molecule has 0 aromatic rings. The van der Waals surface area contributed by atoms with E-state index in [4.69, 9.17) is 0 Å². The van der Waals surface area contributed by atoms with Crippen molar-refractivity contribution in [3.05, 3.63) is 0 Å². The Labute approximate surface area is 110 Å². The lowest BCUT2D eigenvalue weighted by atomic mass is 10.1. The number of amides is 1. The summed E-state index contributed by atoms with van der Waals surface area (Å²) >= 11 is 0. The summed E-state index contributed by atoms with van der Waals surface area (Å²) in [4.78, 5) is 16.3. The van der Waals surface area contributed by atoms with Crippen molar-refractivity contribution in [1.82, 2.24) is 9.80 Å². The Bertz CT molecular complexity index is 284. The SMILES string of the molecule is CC1(O)CCN(CC(=O)N2CCCCCCC2)C1. The Morgan fingerprint density at radius 3 is 2.28 bits per heavy atom. The van der Waals surface area contributed by atoms with Crippen LogP contribution in [-0.4, -0.2) is 59.1 Å². The number of β-amino-alcohol motifs (C(OH)–C–C–N with tert-alkyl or cyclic N) is 1. The lowest BCUT2D eigenvalue weighted by Gasteiger charge is -2.27. The van der Waals surface area contributed by atoms with E-state index in [1.807, 2.05) is 11.8 Å². The summed E-state index contributed by atoms with van der Waals surface area (Å²) in [5.74, 6) is 0.245. The maximum Gasteiger partial charge on any atom is 0.236 e. The van der Waals surface area contributed by atoms with Gasteiger partial charge in [-0.15, -0.1) is 0 Å². The summed E-state index contributed by atoms with van der Waals surface area (Å²) in [6.07, 6.45) is 6.88. The smallest absolute Gasteiger partial charge is 0.236 e. The molecule has 2 saturated heterocycles. The number of carbonyl (C=O) groups excluding carboxylic acids is 1. The molecule has 2 heterocycles. The van der Waals surface area contributed by atoms with Crippen molar-refractivity contribution in [2.75, 3.05) is 32.7 Å². The molecule has 2 aliphatic heterocycles. The first-order valence-corrected chi connectivity index (χ1v) is 7.29. The molecule has 2 rings (SSSR count). The molecule has 4 heteroatoms. The predicted octanol–water partition coefficient (Wildman–Crippen LogP) is 1.24. The van der Waals surface area contributed by atoms with Crippen LogP contribution in [0.3, 0.4) is 0 Å². The van der Waals surface area contributed by atoms with E-state index in [0.29, 0.717) is 13.1 Å². The van der Waals surface area contributed by atoms with Gasteiger partial charge in [0.1, 0.15) is 0 Å². The second kappa shape index (κ2) is 6.02. The zero-order valence-electron chi connectivity index (χ0n) is 11.5. The van der Waals surface area contributed by atoms with Gasteiger partial charge in [0, 0.05) is 26.2 Å². The fourth-order valence-corrected chi connectivity index (χ4v) is 2.96. The highest BCUT2D eigenvalue weighted by atomic mass is 16.3. The van der Waals surface area contributed by atoms with E-state index in [9.17, 15) is 9.90 Å². The van der Waals surface area contributed by atoms with Crippen molar-refractivity contribution in [2.24, 2.45) is 0 Å². The average molecular weight is 254 g/mol. The van der Waals surface area contributed by atoms with Gasteiger partial charge in [-0.3, -0.25) is 9.69 Å². The molecule has 1 N–H and O–H groups in total. The second-order valence-electron chi connectivity index (χ2n) is 6.11. The second-order valence-corrected chi connectivity index (χ2v) is 6.11. The van der Waals surface area contributed by atoms with E-state index < -0.39 is 5.60 Å². The molecule has 1 amide bonds. The first kappa shape index (κ1) is 13.8. The van der Waals surface area contributed by atoms with Gasteiger partial charge in [0.05, 0.1) is 12.1 Å². The molecule has 0 saturated carbocycles. The summed E-state index contributed by atoms with van der Waals surface area (Å²) in [6, 6.07) is 0. The molecule has 0 aromatic heterocycles. The first-order chi connectivity index (χ1) is 8.57. The van der Waals surface area contributed by atoms with E-state index in [1.54, 1.807) is 0 Å². The number of nitrogens with zero attached hydrogens (tertiary/aromatic N) is 2. The van der Waals surface area contributed by atoms with Crippen LogP contribution in [0.2, 0.25) is 0 Å². The highest BCUT2D eigenvalue weighted by molar-refractivity contribution is 5.78. The Balaban J connectivity index is 1.79. The molecular formula is C14H26N2O2. The third kappa shape index (κ3) is 3.95. The van der Waals surface area contributed by atoms with Crippen molar-refractivity contribution in [2.45, 2.75) is 51.0 Å². The van der Waals surface area contributed by atoms with Gasteiger partial charge < -0.3 is 10.0 Å². The maximum absolute atomic E-state index is 12.2. The van der Waals surface area contributed by atoms with Crippen molar-refractivity contribution in [1.29, 1.82) is 0 Å². The maximum atomic E-state index is 12.2. The molecule has 2 fully saturated rings. The standard InChI is InChI=1S/C14H26N2O2/c1-14(18)7-10-15(12-14)11-13(17)16-8-5-3-2-4-6-9-16/h18H,2-12H2,1H3. The Morgan fingerprint density at radius 1 is 1.11 bits per heavy atom. The lowest BCUT2D eigenvalue weighted by Crippen LogP contribution is -2.42. The summed E-state index contributed by atoms with van der Waals surface area (Å²) in [5.41, 5.74) is -0.601. The number of aliphatic hydroxyl groups is 1. The molecule has 0 spiro atoms. The quantitative estimate of drug-likeness (QED) is 0.806. The number of carbonyl (C=O) groups is 1. The number of rotatable bonds is 2. The van der Waals surface area contributed by atoms with E-state index in [1.165, 1.54) is 19.3 Å². The highest BCUT2D eigenvalue weighted by Crippen LogP contribution is 2.20.